The van der Waals surface area contributed by atoms with E-state index in [1.807, 2.05) is 9.80 Å². The predicted molar refractivity (Wildman–Crippen MR) is 102 cm³/mol. The quantitative estimate of drug-likeness (QED) is 0.793. The van der Waals surface area contributed by atoms with Gasteiger partial charge in [0.1, 0.15) is 5.82 Å². The van der Waals surface area contributed by atoms with Gasteiger partial charge in [0.15, 0.2) is 0 Å². The van der Waals surface area contributed by atoms with Gasteiger partial charge in [-0.1, -0.05) is 13.3 Å². The Morgan fingerprint density at radius 3 is 2.61 bits per heavy atom. The van der Waals surface area contributed by atoms with Crippen LogP contribution in [-0.2, 0) is 11.0 Å². The van der Waals surface area contributed by atoms with E-state index in [2.05, 4.69) is 11.9 Å². The van der Waals surface area contributed by atoms with E-state index in [4.69, 9.17) is 5.73 Å². The molecule has 2 aliphatic rings. The van der Waals surface area contributed by atoms with E-state index < -0.39 is 11.7 Å². The molecule has 0 spiro atoms. The molecule has 0 unspecified atom stereocenters. The maximum absolute atomic E-state index is 13.3. The highest BCUT2D eigenvalue weighted by atomic mass is 19.4. The highest BCUT2D eigenvalue weighted by molar-refractivity contribution is 5.83. The summed E-state index contributed by atoms with van der Waals surface area (Å²) in [6, 6.07) is 2.23. The Balaban J connectivity index is 1.65. The number of hydrogen-bond acceptors (Lipinski definition) is 4. The molecule has 8 heteroatoms. The lowest BCUT2D eigenvalue weighted by molar-refractivity contribution is -0.143. The van der Waals surface area contributed by atoms with E-state index >= 15 is 0 Å². The third-order valence-corrected chi connectivity index (χ3v) is 6.32. The summed E-state index contributed by atoms with van der Waals surface area (Å²) in [5.74, 6) is 0.494. The number of halogens is 3. The number of nitrogens with zero attached hydrogens (tertiary/aromatic N) is 3. The lowest BCUT2D eigenvalue weighted by Gasteiger charge is -2.41. The van der Waals surface area contributed by atoms with Gasteiger partial charge in [0.25, 0.3) is 0 Å². The highest BCUT2D eigenvalue weighted by Gasteiger charge is 2.41. The second-order valence-electron chi connectivity index (χ2n) is 8.00. The molecule has 3 rings (SSSR count). The summed E-state index contributed by atoms with van der Waals surface area (Å²) in [6.07, 6.45) is 2.09. The molecule has 1 aliphatic heterocycles. The Bertz CT molecular complexity index is 688. The average molecular weight is 398 g/mol. The number of rotatable bonds is 3. The van der Waals surface area contributed by atoms with Crippen LogP contribution in [-0.4, -0.2) is 48.0 Å². The number of aromatic nitrogens is 1. The first-order valence-corrected chi connectivity index (χ1v) is 10.1. The minimum Gasteiger partial charge on any atom is -0.353 e. The Kier molecular flexibility index (Phi) is 6.17. The lowest BCUT2D eigenvalue weighted by Crippen LogP contribution is -2.53. The van der Waals surface area contributed by atoms with Crippen molar-refractivity contribution in [3.05, 3.63) is 23.9 Å². The van der Waals surface area contributed by atoms with Crippen LogP contribution in [0.4, 0.5) is 19.0 Å². The molecule has 2 fully saturated rings. The summed E-state index contributed by atoms with van der Waals surface area (Å²) >= 11 is 0. The fraction of sp³-hybridized carbons (Fsp3) is 0.700. The molecule has 156 valence electrons. The van der Waals surface area contributed by atoms with E-state index in [0.717, 1.165) is 50.7 Å². The molecule has 1 aliphatic carbocycles. The smallest absolute Gasteiger partial charge is 0.353 e. The van der Waals surface area contributed by atoms with Gasteiger partial charge in [-0.25, -0.2) is 4.98 Å². The standard InChI is InChI=1S/C20H29F3N4O/c1-2-19(7-3-4-16(24)5-8-19)18(28)27-12-10-26(11-13-27)17-14-15(6-9-25-17)20(21,22)23/h6,9,14,16H,2-5,7-8,10-13,24H2,1H3/t16-,19+/m1/s1. The van der Waals surface area contributed by atoms with Gasteiger partial charge in [-0.15, -0.1) is 0 Å². The molecule has 5 nitrogen and oxygen atoms in total. The summed E-state index contributed by atoms with van der Waals surface area (Å²) in [5.41, 5.74) is 5.05. The monoisotopic (exact) mass is 398 g/mol. The zero-order valence-corrected chi connectivity index (χ0v) is 16.3. The first kappa shape index (κ1) is 20.9. The van der Waals surface area contributed by atoms with Crippen LogP contribution in [0.25, 0.3) is 0 Å². The summed E-state index contributed by atoms with van der Waals surface area (Å²) < 4.78 is 38.8. The number of amides is 1. The van der Waals surface area contributed by atoms with Gasteiger partial charge in [0.2, 0.25) is 5.91 Å². The fourth-order valence-corrected chi connectivity index (χ4v) is 4.39. The van der Waals surface area contributed by atoms with Crippen molar-refractivity contribution in [1.82, 2.24) is 9.88 Å². The number of alkyl halides is 3. The molecule has 2 atom stereocenters. The van der Waals surface area contributed by atoms with Gasteiger partial charge in [-0.3, -0.25) is 4.79 Å². The van der Waals surface area contributed by atoms with Crippen molar-refractivity contribution in [2.75, 3.05) is 31.1 Å². The summed E-state index contributed by atoms with van der Waals surface area (Å²) in [5, 5.41) is 0. The number of nitrogens with two attached hydrogens (primary N) is 1. The van der Waals surface area contributed by atoms with Crippen LogP contribution in [0.1, 0.15) is 51.0 Å². The minimum atomic E-state index is -4.39. The molecule has 2 heterocycles. The normalized spacial score (nSPS) is 26.8. The lowest BCUT2D eigenvalue weighted by atomic mass is 9.76. The average Bonchev–Trinajstić information content (AvgIpc) is 2.89. The minimum absolute atomic E-state index is 0.171. The molecule has 1 aromatic heterocycles. The second-order valence-corrected chi connectivity index (χ2v) is 8.00. The largest absolute Gasteiger partial charge is 0.416 e. The maximum atomic E-state index is 13.3. The maximum Gasteiger partial charge on any atom is 0.416 e. The Morgan fingerprint density at radius 2 is 1.96 bits per heavy atom. The molecule has 1 saturated carbocycles. The topological polar surface area (TPSA) is 62.5 Å². The van der Waals surface area contributed by atoms with Crippen LogP contribution >= 0.6 is 0 Å². The van der Waals surface area contributed by atoms with Crippen molar-refractivity contribution in [1.29, 1.82) is 0 Å². The summed E-state index contributed by atoms with van der Waals surface area (Å²) in [7, 11) is 0. The van der Waals surface area contributed by atoms with Crippen LogP contribution in [0, 0.1) is 5.41 Å². The molecule has 1 amide bonds. The summed E-state index contributed by atoms with van der Waals surface area (Å²) in [4.78, 5) is 21.1. The van der Waals surface area contributed by atoms with Crippen LogP contribution in [0.15, 0.2) is 18.3 Å². The Hall–Kier alpha value is -1.83. The molecule has 28 heavy (non-hydrogen) atoms. The van der Waals surface area contributed by atoms with Gasteiger partial charge in [-0.2, -0.15) is 13.2 Å². The van der Waals surface area contributed by atoms with Crippen LogP contribution in [0.2, 0.25) is 0 Å². The first-order chi connectivity index (χ1) is 13.2. The van der Waals surface area contributed by atoms with Crippen LogP contribution in [0.3, 0.4) is 0 Å². The molecule has 0 bridgehead atoms. The highest BCUT2D eigenvalue weighted by Crippen LogP contribution is 2.40. The Labute approximate surface area is 164 Å². The van der Waals surface area contributed by atoms with Crippen molar-refractivity contribution in [3.63, 3.8) is 0 Å². The first-order valence-electron chi connectivity index (χ1n) is 10.1. The fourth-order valence-electron chi connectivity index (χ4n) is 4.39. The van der Waals surface area contributed by atoms with Crippen molar-refractivity contribution >= 4 is 11.7 Å². The van der Waals surface area contributed by atoms with Gasteiger partial charge < -0.3 is 15.5 Å². The van der Waals surface area contributed by atoms with Crippen molar-refractivity contribution in [2.24, 2.45) is 11.1 Å². The second kappa shape index (κ2) is 8.27. The zero-order chi connectivity index (χ0) is 20.4. The number of carbonyl (C=O) groups is 1. The third-order valence-electron chi connectivity index (χ3n) is 6.32. The SMILES string of the molecule is CC[C@]1(C(=O)N2CCN(c3cc(C(F)(F)F)ccn3)CC2)CCC[C@@H](N)CC1. The van der Waals surface area contributed by atoms with Gasteiger partial charge >= 0.3 is 6.18 Å². The number of hydrogen-bond donors (Lipinski definition) is 1. The molecular weight excluding hydrogens is 369 g/mol. The number of piperazine rings is 1. The molecule has 2 N–H and O–H groups in total. The van der Waals surface area contributed by atoms with E-state index in [0.29, 0.717) is 32.0 Å². The molecule has 0 radical (unpaired) electrons. The Morgan fingerprint density at radius 1 is 1.25 bits per heavy atom. The van der Waals surface area contributed by atoms with Gasteiger partial charge in [-0.05, 0) is 44.2 Å². The third kappa shape index (κ3) is 4.42. The van der Waals surface area contributed by atoms with Crippen LogP contribution in [0.5, 0.6) is 0 Å². The number of pyridine rings is 1. The van der Waals surface area contributed by atoms with Crippen molar-refractivity contribution < 1.29 is 18.0 Å². The zero-order valence-electron chi connectivity index (χ0n) is 16.3. The van der Waals surface area contributed by atoms with Crippen molar-refractivity contribution in [2.45, 2.75) is 57.7 Å². The van der Waals surface area contributed by atoms with Gasteiger partial charge in [0, 0.05) is 43.8 Å². The molecular formula is C20H29F3N4O. The predicted octanol–water partition coefficient (Wildman–Crippen LogP) is 3.44. The van der Waals surface area contributed by atoms with E-state index in [-0.39, 0.29) is 17.4 Å². The van der Waals surface area contributed by atoms with E-state index in [9.17, 15) is 18.0 Å². The van der Waals surface area contributed by atoms with Crippen molar-refractivity contribution in [3.8, 4) is 0 Å². The molecule has 1 aromatic rings. The molecule has 0 aromatic carbocycles. The van der Waals surface area contributed by atoms with E-state index in [1.54, 1.807) is 0 Å². The van der Waals surface area contributed by atoms with Crippen LogP contribution < -0.4 is 10.6 Å². The van der Waals surface area contributed by atoms with E-state index in [1.165, 1.54) is 6.20 Å². The van der Waals surface area contributed by atoms with Gasteiger partial charge in [0.05, 0.1) is 5.56 Å². The summed E-state index contributed by atoms with van der Waals surface area (Å²) in [6.45, 7) is 4.05. The number of carbonyl (C=O) groups excluding carboxylic acids is 1. The number of anilines is 1. The molecule has 1 saturated heterocycles.